The zero-order chi connectivity index (χ0) is 28.8. The molecule has 0 saturated carbocycles. The Morgan fingerprint density at radius 3 is 2.45 bits per heavy atom. The zero-order valence-corrected chi connectivity index (χ0v) is 23.7. The van der Waals surface area contributed by atoms with Crippen LogP contribution in [0.3, 0.4) is 0 Å². The minimum atomic E-state index is -1.59. The maximum Gasteiger partial charge on any atom is 0.254 e. The van der Waals surface area contributed by atoms with Crippen LogP contribution in [0.1, 0.15) is 38.2 Å². The van der Waals surface area contributed by atoms with Crippen molar-refractivity contribution >= 4 is 29.5 Å². The Morgan fingerprint density at radius 1 is 1.02 bits per heavy atom. The number of hydrogen-bond acceptors (Lipinski definition) is 6. The maximum atomic E-state index is 13.6. The number of carbonyl (C=O) groups is 3. The fourth-order valence-electron chi connectivity index (χ4n) is 4.76. The van der Waals surface area contributed by atoms with Crippen LogP contribution in [0.5, 0.6) is 5.75 Å². The Bertz CT molecular complexity index is 1380. The van der Waals surface area contributed by atoms with E-state index in [0.29, 0.717) is 23.4 Å². The molecule has 1 aliphatic rings. The average molecular weight is 562 g/mol. The molecule has 3 atom stereocenters. The van der Waals surface area contributed by atoms with Crippen molar-refractivity contribution in [3.05, 3.63) is 100 Å². The van der Waals surface area contributed by atoms with Gasteiger partial charge in [-0.2, -0.15) is 0 Å². The van der Waals surface area contributed by atoms with E-state index in [0.717, 1.165) is 16.7 Å². The van der Waals surface area contributed by atoms with E-state index >= 15 is 0 Å². The Balaban J connectivity index is 1.51. The van der Waals surface area contributed by atoms with Gasteiger partial charge in [-0.25, -0.2) is 0 Å². The quantitative estimate of drug-likeness (QED) is 0.319. The lowest BCUT2D eigenvalue weighted by Crippen LogP contribution is -2.56. The highest BCUT2D eigenvalue weighted by atomic mass is 32.2. The van der Waals surface area contributed by atoms with Crippen LogP contribution in [0.4, 0.5) is 0 Å². The van der Waals surface area contributed by atoms with E-state index < -0.39 is 30.0 Å². The van der Waals surface area contributed by atoms with Crippen LogP contribution in [0.15, 0.2) is 66.7 Å². The molecule has 3 aromatic rings. The third kappa shape index (κ3) is 6.84. The minimum Gasteiger partial charge on any atom is -0.508 e. The Kier molecular flexibility index (Phi) is 9.50. The van der Waals surface area contributed by atoms with Crippen molar-refractivity contribution in [2.75, 3.05) is 11.6 Å². The van der Waals surface area contributed by atoms with Gasteiger partial charge in [0.1, 0.15) is 11.8 Å². The molecular weight excluding hydrogens is 526 g/mol. The van der Waals surface area contributed by atoms with Crippen molar-refractivity contribution in [1.29, 1.82) is 0 Å². The zero-order valence-electron chi connectivity index (χ0n) is 22.9. The van der Waals surface area contributed by atoms with Crippen LogP contribution < -0.4 is 10.6 Å². The first kappa shape index (κ1) is 29.2. The molecule has 0 bridgehead atoms. The number of rotatable bonds is 9. The van der Waals surface area contributed by atoms with Crippen LogP contribution in [-0.4, -0.2) is 62.7 Å². The fraction of sp³-hybridized carbons (Fsp3) is 0.323. The van der Waals surface area contributed by atoms with E-state index in [1.165, 1.54) is 16.7 Å². The number of benzene rings is 3. The fourth-order valence-corrected chi connectivity index (χ4v) is 5.92. The summed E-state index contributed by atoms with van der Waals surface area (Å²) in [4.78, 5) is 41.4. The number of hydrogen-bond donors (Lipinski definition) is 4. The van der Waals surface area contributed by atoms with E-state index in [9.17, 15) is 24.6 Å². The molecule has 1 saturated heterocycles. The van der Waals surface area contributed by atoms with E-state index in [2.05, 4.69) is 10.6 Å². The molecule has 3 aromatic carbocycles. The van der Waals surface area contributed by atoms with Crippen molar-refractivity contribution in [3.63, 3.8) is 0 Å². The molecule has 9 heteroatoms. The lowest BCUT2D eigenvalue weighted by Gasteiger charge is -2.30. The number of aliphatic hydroxyl groups excluding tert-OH is 1. The summed E-state index contributed by atoms with van der Waals surface area (Å²) in [6.07, 6.45) is -1.39. The number of nitrogens with zero attached hydrogens (tertiary/aromatic N) is 1. The van der Waals surface area contributed by atoms with Gasteiger partial charge < -0.3 is 25.7 Å². The van der Waals surface area contributed by atoms with E-state index in [1.807, 2.05) is 61.5 Å². The smallest absolute Gasteiger partial charge is 0.254 e. The molecule has 210 valence electrons. The summed E-state index contributed by atoms with van der Waals surface area (Å²) >= 11 is 1.44. The second-order valence-corrected chi connectivity index (χ2v) is 11.1. The van der Waals surface area contributed by atoms with Gasteiger partial charge in [0.2, 0.25) is 5.91 Å². The Morgan fingerprint density at radius 2 is 1.73 bits per heavy atom. The van der Waals surface area contributed by atoms with Crippen LogP contribution in [0, 0.1) is 20.8 Å². The number of nitrogens with one attached hydrogen (secondary N) is 2. The Labute approximate surface area is 238 Å². The summed E-state index contributed by atoms with van der Waals surface area (Å²) in [6.45, 7) is 5.72. The molecule has 1 aliphatic heterocycles. The second kappa shape index (κ2) is 13.0. The molecular formula is C31H35N3O5S. The topological polar surface area (TPSA) is 119 Å². The third-order valence-electron chi connectivity index (χ3n) is 7.20. The standard InChI is InChI=1S/C31H35N3O5S/c1-19-13-24(21(3)27(35)14-19)29(37)33-25(15-22-10-5-4-6-11-22)28(36)31(39)34-18-40-17-26(34)30(38)32-16-23-12-8-7-9-20(23)2/h4-14,25-26,28,35-36H,15-18H2,1-3H3,(H,32,38)(H,33,37). The summed E-state index contributed by atoms with van der Waals surface area (Å²) in [7, 11) is 0. The van der Waals surface area contributed by atoms with Gasteiger partial charge >= 0.3 is 0 Å². The van der Waals surface area contributed by atoms with E-state index in [-0.39, 0.29) is 29.5 Å². The summed E-state index contributed by atoms with van der Waals surface area (Å²) in [5.41, 5.74) is 4.25. The van der Waals surface area contributed by atoms with E-state index in [1.54, 1.807) is 26.0 Å². The monoisotopic (exact) mass is 561 g/mol. The maximum absolute atomic E-state index is 13.6. The number of amides is 3. The van der Waals surface area contributed by atoms with Crippen LogP contribution in [0.25, 0.3) is 0 Å². The lowest BCUT2D eigenvalue weighted by molar-refractivity contribution is -0.146. The summed E-state index contributed by atoms with van der Waals surface area (Å²) in [5, 5.41) is 27.3. The normalized spacial score (nSPS) is 16.3. The largest absolute Gasteiger partial charge is 0.508 e. The van der Waals surface area contributed by atoms with Gasteiger partial charge in [0.05, 0.1) is 11.9 Å². The number of phenols is 1. The number of aliphatic hydroxyl groups is 1. The number of thioether (sulfide) groups is 1. The van der Waals surface area contributed by atoms with Crippen molar-refractivity contribution in [2.24, 2.45) is 0 Å². The van der Waals surface area contributed by atoms with Crippen molar-refractivity contribution in [1.82, 2.24) is 15.5 Å². The molecule has 0 aromatic heterocycles. The van der Waals surface area contributed by atoms with Crippen molar-refractivity contribution < 1.29 is 24.6 Å². The van der Waals surface area contributed by atoms with Crippen LogP contribution >= 0.6 is 11.8 Å². The molecule has 8 nitrogen and oxygen atoms in total. The first-order valence-corrected chi connectivity index (χ1v) is 14.3. The molecule has 3 unspecified atom stereocenters. The molecule has 40 heavy (non-hydrogen) atoms. The highest BCUT2D eigenvalue weighted by Crippen LogP contribution is 2.25. The molecule has 0 aliphatic carbocycles. The number of carbonyl (C=O) groups excluding carboxylic acids is 3. The molecule has 1 fully saturated rings. The van der Waals surface area contributed by atoms with Gasteiger partial charge in [0.15, 0.2) is 6.10 Å². The summed E-state index contributed by atoms with van der Waals surface area (Å²) < 4.78 is 0. The highest BCUT2D eigenvalue weighted by molar-refractivity contribution is 7.99. The van der Waals surface area contributed by atoms with Gasteiger partial charge in [-0.15, -0.1) is 11.8 Å². The molecule has 0 spiro atoms. The molecule has 4 N–H and O–H groups in total. The third-order valence-corrected chi connectivity index (χ3v) is 8.21. The van der Waals surface area contributed by atoms with E-state index in [4.69, 9.17) is 0 Å². The summed E-state index contributed by atoms with van der Waals surface area (Å²) in [6, 6.07) is 18.5. The van der Waals surface area contributed by atoms with Gasteiger partial charge in [0.25, 0.3) is 11.8 Å². The first-order valence-electron chi connectivity index (χ1n) is 13.2. The number of aromatic hydroxyl groups is 1. The lowest BCUT2D eigenvalue weighted by atomic mass is 9.98. The number of aryl methyl sites for hydroxylation is 2. The average Bonchev–Trinajstić information content (AvgIpc) is 3.44. The Hall–Kier alpha value is -3.82. The predicted octanol–water partition coefficient (Wildman–Crippen LogP) is 3.24. The molecule has 1 heterocycles. The predicted molar refractivity (Wildman–Crippen MR) is 156 cm³/mol. The minimum absolute atomic E-state index is 0.00461. The molecule has 4 rings (SSSR count). The number of phenolic OH excluding ortho intramolecular Hbond substituents is 1. The SMILES string of the molecule is Cc1cc(O)c(C)c(C(=O)NC(Cc2ccccc2)C(O)C(=O)N2CSCC2C(=O)NCc2ccccc2C)c1. The van der Waals surface area contributed by atoms with Crippen LogP contribution in [0.2, 0.25) is 0 Å². The van der Waals surface area contributed by atoms with Gasteiger partial charge in [-0.1, -0.05) is 54.6 Å². The van der Waals surface area contributed by atoms with Crippen molar-refractivity contribution in [3.8, 4) is 5.75 Å². The van der Waals surface area contributed by atoms with Crippen LogP contribution in [-0.2, 0) is 22.6 Å². The molecule has 3 amide bonds. The van der Waals surface area contributed by atoms with Crippen molar-refractivity contribution in [2.45, 2.75) is 51.9 Å². The van der Waals surface area contributed by atoms with Gasteiger partial charge in [-0.3, -0.25) is 14.4 Å². The van der Waals surface area contributed by atoms with Gasteiger partial charge in [-0.05, 0) is 61.6 Å². The first-order chi connectivity index (χ1) is 19.2. The summed E-state index contributed by atoms with van der Waals surface area (Å²) in [5.74, 6) is -0.748. The highest BCUT2D eigenvalue weighted by Gasteiger charge is 2.40. The molecule has 0 radical (unpaired) electrons. The second-order valence-electron chi connectivity index (χ2n) is 10.1. The van der Waals surface area contributed by atoms with Gasteiger partial charge in [0, 0.05) is 23.4 Å².